The Bertz CT molecular complexity index is 831. The van der Waals surface area contributed by atoms with Crippen LogP contribution in [0.1, 0.15) is 51.5 Å². The van der Waals surface area contributed by atoms with E-state index in [-0.39, 0.29) is 23.3 Å². The second-order valence-corrected chi connectivity index (χ2v) is 11.7. The van der Waals surface area contributed by atoms with Crippen LogP contribution in [0.3, 0.4) is 0 Å². The van der Waals surface area contributed by atoms with E-state index in [2.05, 4.69) is 30.8 Å². The van der Waals surface area contributed by atoms with Gasteiger partial charge in [-0.1, -0.05) is 25.9 Å². The summed E-state index contributed by atoms with van der Waals surface area (Å²) < 4.78 is 32.7. The SMILES string of the molecule is Cc1noc(C)c1S(=O)(=O)N1CCCC(C(=O)N2CCN(CCC(C)(C)C)CC2)C1. The lowest BCUT2D eigenvalue weighted by Crippen LogP contribution is -2.53. The zero-order valence-corrected chi connectivity index (χ0v) is 19.8. The van der Waals surface area contributed by atoms with Crippen molar-refractivity contribution in [3.05, 3.63) is 11.5 Å². The number of carbonyl (C=O) groups is 1. The maximum absolute atomic E-state index is 13.1. The second kappa shape index (κ2) is 8.96. The molecule has 0 aliphatic carbocycles. The van der Waals surface area contributed by atoms with E-state index in [4.69, 9.17) is 4.52 Å². The Morgan fingerprint density at radius 2 is 1.80 bits per heavy atom. The molecule has 170 valence electrons. The molecule has 3 heterocycles. The quantitative estimate of drug-likeness (QED) is 0.698. The van der Waals surface area contributed by atoms with Gasteiger partial charge in [-0.2, -0.15) is 4.31 Å². The van der Waals surface area contributed by atoms with Crippen molar-refractivity contribution in [3.8, 4) is 0 Å². The summed E-state index contributed by atoms with van der Waals surface area (Å²) in [6.45, 7) is 14.9. The van der Waals surface area contributed by atoms with Crippen molar-refractivity contribution in [1.29, 1.82) is 0 Å². The molecule has 0 bridgehead atoms. The molecule has 0 N–H and O–H groups in total. The molecular formula is C21H36N4O4S. The highest BCUT2D eigenvalue weighted by molar-refractivity contribution is 7.89. The van der Waals surface area contributed by atoms with Crippen molar-refractivity contribution < 1.29 is 17.7 Å². The first-order chi connectivity index (χ1) is 14.0. The van der Waals surface area contributed by atoms with Gasteiger partial charge in [-0.15, -0.1) is 0 Å². The molecular weight excluding hydrogens is 404 g/mol. The van der Waals surface area contributed by atoms with Crippen molar-refractivity contribution in [1.82, 2.24) is 19.3 Å². The van der Waals surface area contributed by atoms with Crippen molar-refractivity contribution in [2.24, 2.45) is 11.3 Å². The van der Waals surface area contributed by atoms with Gasteiger partial charge in [-0.05, 0) is 45.1 Å². The largest absolute Gasteiger partial charge is 0.360 e. The Morgan fingerprint density at radius 3 is 2.37 bits per heavy atom. The van der Waals surface area contributed by atoms with Crippen LogP contribution in [0.15, 0.2) is 9.42 Å². The van der Waals surface area contributed by atoms with E-state index in [1.807, 2.05) is 4.90 Å². The van der Waals surface area contributed by atoms with Gasteiger partial charge >= 0.3 is 0 Å². The monoisotopic (exact) mass is 440 g/mol. The molecule has 2 aliphatic rings. The number of piperazine rings is 1. The van der Waals surface area contributed by atoms with E-state index in [1.54, 1.807) is 13.8 Å². The molecule has 8 nitrogen and oxygen atoms in total. The maximum atomic E-state index is 13.1. The molecule has 0 saturated carbocycles. The van der Waals surface area contributed by atoms with E-state index < -0.39 is 10.0 Å². The molecule has 1 atom stereocenters. The summed E-state index contributed by atoms with van der Waals surface area (Å²) in [7, 11) is -3.71. The zero-order chi connectivity index (χ0) is 22.1. The number of piperidine rings is 1. The van der Waals surface area contributed by atoms with Crippen LogP contribution in [0.5, 0.6) is 0 Å². The first-order valence-electron chi connectivity index (χ1n) is 10.9. The van der Waals surface area contributed by atoms with Gasteiger partial charge in [0.05, 0.1) is 5.92 Å². The molecule has 0 radical (unpaired) electrons. The molecule has 1 amide bonds. The van der Waals surface area contributed by atoms with E-state index in [1.165, 1.54) is 4.31 Å². The van der Waals surface area contributed by atoms with Gasteiger partial charge in [0.25, 0.3) is 0 Å². The zero-order valence-electron chi connectivity index (χ0n) is 19.0. The number of nitrogens with zero attached hydrogens (tertiary/aromatic N) is 4. The van der Waals surface area contributed by atoms with Gasteiger partial charge in [0.1, 0.15) is 10.6 Å². The number of hydrogen-bond acceptors (Lipinski definition) is 6. The van der Waals surface area contributed by atoms with Gasteiger partial charge in [0, 0.05) is 39.3 Å². The van der Waals surface area contributed by atoms with Gasteiger partial charge in [0.2, 0.25) is 15.9 Å². The van der Waals surface area contributed by atoms with Crippen molar-refractivity contribution in [2.45, 2.75) is 58.8 Å². The number of aryl methyl sites for hydroxylation is 2. The van der Waals surface area contributed by atoms with Gasteiger partial charge in [-0.25, -0.2) is 8.42 Å². The summed E-state index contributed by atoms with van der Waals surface area (Å²) in [4.78, 5) is 17.6. The molecule has 0 aromatic carbocycles. The minimum absolute atomic E-state index is 0.0872. The summed E-state index contributed by atoms with van der Waals surface area (Å²) in [6.07, 6.45) is 2.55. The topological polar surface area (TPSA) is 87.0 Å². The summed E-state index contributed by atoms with van der Waals surface area (Å²) in [5, 5.41) is 3.78. The third kappa shape index (κ3) is 5.23. The summed E-state index contributed by atoms with van der Waals surface area (Å²) in [6, 6.07) is 0. The predicted octanol–water partition coefficient (Wildman–Crippen LogP) is 2.27. The van der Waals surface area contributed by atoms with Crippen molar-refractivity contribution in [2.75, 3.05) is 45.8 Å². The standard InChI is InChI=1S/C21H36N4O4S/c1-16-19(17(2)29-22-16)30(27,28)25-9-6-7-18(15-25)20(26)24-13-11-23(12-14-24)10-8-21(3,4)5/h18H,6-15H2,1-5H3. The number of aromatic nitrogens is 1. The Balaban J connectivity index is 1.59. The molecule has 9 heteroatoms. The maximum Gasteiger partial charge on any atom is 0.248 e. The first kappa shape index (κ1) is 23.2. The molecule has 1 aromatic heterocycles. The molecule has 2 fully saturated rings. The normalized spacial score (nSPS) is 22.4. The number of rotatable bonds is 5. The summed E-state index contributed by atoms with van der Waals surface area (Å²) in [5.41, 5.74) is 0.679. The molecule has 30 heavy (non-hydrogen) atoms. The fourth-order valence-corrected chi connectivity index (χ4v) is 6.09. The van der Waals surface area contributed by atoms with Crippen molar-refractivity contribution in [3.63, 3.8) is 0 Å². The Hall–Kier alpha value is -1.45. The van der Waals surface area contributed by atoms with Crippen LogP contribution in [0.2, 0.25) is 0 Å². The van der Waals surface area contributed by atoms with E-state index in [0.717, 1.165) is 45.6 Å². The smallest absolute Gasteiger partial charge is 0.248 e. The van der Waals surface area contributed by atoms with Crippen LogP contribution in [0.4, 0.5) is 0 Å². The van der Waals surface area contributed by atoms with Crippen LogP contribution in [0, 0.1) is 25.2 Å². The second-order valence-electron chi connectivity index (χ2n) is 9.83. The fourth-order valence-electron chi connectivity index (χ4n) is 4.28. The molecule has 0 spiro atoms. The Morgan fingerprint density at radius 1 is 1.13 bits per heavy atom. The van der Waals surface area contributed by atoms with Gasteiger partial charge in [-0.3, -0.25) is 9.69 Å². The lowest BCUT2D eigenvalue weighted by atomic mass is 9.92. The van der Waals surface area contributed by atoms with Crippen LogP contribution >= 0.6 is 0 Å². The number of amides is 1. The number of hydrogen-bond donors (Lipinski definition) is 0. The van der Waals surface area contributed by atoms with E-state index >= 15 is 0 Å². The van der Waals surface area contributed by atoms with Crippen molar-refractivity contribution >= 4 is 15.9 Å². The number of sulfonamides is 1. The lowest BCUT2D eigenvalue weighted by Gasteiger charge is -2.39. The molecule has 2 aliphatic heterocycles. The average Bonchev–Trinajstić information content (AvgIpc) is 3.04. The molecule has 1 unspecified atom stereocenters. The molecule has 1 aromatic rings. The number of carbonyl (C=O) groups excluding carboxylic acids is 1. The molecule has 3 rings (SSSR count). The minimum atomic E-state index is -3.71. The third-order valence-corrected chi connectivity index (χ3v) is 8.27. The molecule has 2 saturated heterocycles. The third-order valence-electron chi connectivity index (χ3n) is 6.16. The van der Waals surface area contributed by atoms with E-state index in [0.29, 0.717) is 29.8 Å². The highest BCUT2D eigenvalue weighted by atomic mass is 32.2. The van der Waals surface area contributed by atoms with Crippen LogP contribution < -0.4 is 0 Å². The van der Waals surface area contributed by atoms with E-state index in [9.17, 15) is 13.2 Å². The van der Waals surface area contributed by atoms with Gasteiger partial charge in [0.15, 0.2) is 5.76 Å². The summed E-state index contributed by atoms with van der Waals surface area (Å²) in [5.74, 6) is 0.103. The lowest BCUT2D eigenvalue weighted by molar-refractivity contribution is -0.138. The van der Waals surface area contributed by atoms with Crippen LogP contribution in [-0.2, 0) is 14.8 Å². The summed E-state index contributed by atoms with van der Waals surface area (Å²) >= 11 is 0. The first-order valence-corrected chi connectivity index (χ1v) is 12.4. The highest BCUT2D eigenvalue weighted by Crippen LogP contribution is 2.28. The average molecular weight is 441 g/mol. The predicted molar refractivity (Wildman–Crippen MR) is 115 cm³/mol. The van der Waals surface area contributed by atoms with Crippen LogP contribution in [-0.4, -0.2) is 79.4 Å². The van der Waals surface area contributed by atoms with Crippen LogP contribution in [0.25, 0.3) is 0 Å². The minimum Gasteiger partial charge on any atom is -0.360 e. The fraction of sp³-hybridized carbons (Fsp3) is 0.810. The highest BCUT2D eigenvalue weighted by Gasteiger charge is 2.38. The Labute approximate surface area is 180 Å². The Kier molecular flexibility index (Phi) is 6.94. The van der Waals surface area contributed by atoms with Gasteiger partial charge < -0.3 is 9.42 Å².